The van der Waals surface area contributed by atoms with Crippen molar-refractivity contribution in [2.24, 2.45) is 5.16 Å². The SMILES string of the molecule is CCO/N=C(\C=O)C1CSC(=N)N1O. The predicted octanol–water partition coefficient (Wildman–Crippen LogP) is 0.319. The Morgan fingerprint density at radius 2 is 2.71 bits per heavy atom. The van der Waals surface area contributed by atoms with E-state index in [0.717, 1.165) is 16.8 Å². The van der Waals surface area contributed by atoms with Crippen molar-refractivity contribution >= 4 is 28.9 Å². The number of hydrogen-bond acceptors (Lipinski definition) is 6. The minimum Gasteiger partial charge on any atom is -0.396 e. The first kappa shape index (κ1) is 11.0. The summed E-state index contributed by atoms with van der Waals surface area (Å²) >= 11 is 1.15. The third-order valence-corrected chi connectivity index (χ3v) is 2.59. The maximum atomic E-state index is 10.6. The Morgan fingerprint density at radius 3 is 3.14 bits per heavy atom. The van der Waals surface area contributed by atoms with E-state index in [1.54, 1.807) is 6.92 Å². The average molecular weight is 217 g/mol. The van der Waals surface area contributed by atoms with Crippen LogP contribution in [0.3, 0.4) is 0 Å². The molecule has 1 aliphatic rings. The van der Waals surface area contributed by atoms with Crippen molar-refractivity contribution in [3.05, 3.63) is 0 Å². The first-order valence-corrected chi connectivity index (χ1v) is 5.03. The number of rotatable bonds is 4. The quantitative estimate of drug-likeness (QED) is 0.402. The number of nitrogens with one attached hydrogen (secondary N) is 1. The van der Waals surface area contributed by atoms with E-state index in [0.29, 0.717) is 18.6 Å². The molecule has 1 fully saturated rings. The molecule has 0 spiro atoms. The normalized spacial score (nSPS) is 22.7. The minimum atomic E-state index is -0.573. The highest BCUT2D eigenvalue weighted by atomic mass is 32.2. The maximum Gasteiger partial charge on any atom is 0.181 e. The lowest BCUT2D eigenvalue weighted by atomic mass is 10.2. The van der Waals surface area contributed by atoms with Gasteiger partial charge in [0.15, 0.2) is 11.5 Å². The predicted molar refractivity (Wildman–Crippen MR) is 52.7 cm³/mol. The molecule has 1 saturated heterocycles. The van der Waals surface area contributed by atoms with E-state index < -0.39 is 6.04 Å². The van der Waals surface area contributed by atoms with Crippen molar-refractivity contribution in [2.75, 3.05) is 12.4 Å². The van der Waals surface area contributed by atoms with Gasteiger partial charge in [0.1, 0.15) is 18.4 Å². The monoisotopic (exact) mass is 217 g/mol. The molecule has 7 heteroatoms. The lowest BCUT2D eigenvalue weighted by molar-refractivity contribution is -0.103. The molecule has 0 aromatic rings. The van der Waals surface area contributed by atoms with E-state index in [-0.39, 0.29) is 10.9 Å². The van der Waals surface area contributed by atoms with Crippen LogP contribution in [0.1, 0.15) is 6.92 Å². The van der Waals surface area contributed by atoms with Crippen molar-refractivity contribution in [1.82, 2.24) is 5.06 Å². The van der Waals surface area contributed by atoms with Crippen LogP contribution in [0, 0.1) is 5.41 Å². The van der Waals surface area contributed by atoms with Gasteiger partial charge in [-0.15, -0.1) is 0 Å². The Bertz CT molecular complexity index is 269. The van der Waals surface area contributed by atoms with Crippen molar-refractivity contribution < 1.29 is 14.8 Å². The summed E-state index contributed by atoms with van der Waals surface area (Å²) in [5.74, 6) is 0.431. The third kappa shape index (κ3) is 2.24. The zero-order chi connectivity index (χ0) is 10.6. The summed E-state index contributed by atoms with van der Waals surface area (Å²) in [6.45, 7) is 2.11. The molecule has 6 nitrogen and oxygen atoms in total. The van der Waals surface area contributed by atoms with Gasteiger partial charge < -0.3 is 4.84 Å². The summed E-state index contributed by atoms with van der Waals surface area (Å²) in [4.78, 5) is 15.3. The van der Waals surface area contributed by atoms with E-state index in [4.69, 9.17) is 10.2 Å². The number of carbonyl (C=O) groups is 1. The fourth-order valence-corrected chi connectivity index (χ4v) is 1.83. The van der Waals surface area contributed by atoms with Gasteiger partial charge in [-0.1, -0.05) is 16.9 Å². The highest BCUT2D eigenvalue weighted by Crippen LogP contribution is 2.21. The lowest BCUT2D eigenvalue weighted by Crippen LogP contribution is -2.38. The summed E-state index contributed by atoms with van der Waals surface area (Å²) in [7, 11) is 0. The minimum absolute atomic E-state index is 0.0149. The zero-order valence-corrected chi connectivity index (χ0v) is 8.45. The summed E-state index contributed by atoms with van der Waals surface area (Å²) in [6.07, 6.45) is 0.530. The number of amidine groups is 1. The molecule has 78 valence electrons. The van der Waals surface area contributed by atoms with E-state index in [1.165, 1.54) is 0 Å². The van der Waals surface area contributed by atoms with Crippen LogP contribution < -0.4 is 0 Å². The molecular weight excluding hydrogens is 206 g/mol. The highest BCUT2D eigenvalue weighted by molar-refractivity contribution is 8.14. The molecule has 1 atom stereocenters. The number of oxime groups is 1. The number of thioether (sulfide) groups is 1. The van der Waals surface area contributed by atoms with Crippen molar-refractivity contribution in [2.45, 2.75) is 13.0 Å². The van der Waals surface area contributed by atoms with Gasteiger partial charge in [-0.2, -0.15) is 0 Å². The van der Waals surface area contributed by atoms with E-state index >= 15 is 0 Å². The molecule has 0 aliphatic carbocycles. The van der Waals surface area contributed by atoms with Crippen LogP contribution in [0.25, 0.3) is 0 Å². The molecule has 14 heavy (non-hydrogen) atoms. The summed E-state index contributed by atoms with van der Waals surface area (Å²) in [5.41, 5.74) is 0.101. The summed E-state index contributed by atoms with van der Waals surface area (Å²) in [5, 5.41) is 20.9. The van der Waals surface area contributed by atoms with Gasteiger partial charge in [-0.25, -0.2) is 5.06 Å². The third-order valence-electron chi connectivity index (χ3n) is 1.64. The molecule has 1 rings (SSSR count). The van der Waals surface area contributed by atoms with E-state index in [1.807, 2.05) is 0 Å². The largest absolute Gasteiger partial charge is 0.396 e. The Balaban J connectivity index is 2.70. The molecule has 0 radical (unpaired) electrons. The smallest absolute Gasteiger partial charge is 0.181 e. The van der Waals surface area contributed by atoms with Gasteiger partial charge in [0, 0.05) is 5.75 Å². The number of hydroxylamine groups is 2. The highest BCUT2D eigenvalue weighted by Gasteiger charge is 2.32. The molecule has 2 N–H and O–H groups in total. The molecule has 0 amide bonds. The molecule has 1 aliphatic heterocycles. The fraction of sp³-hybridized carbons (Fsp3) is 0.571. The second-order valence-corrected chi connectivity index (χ2v) is 3.54. The molecule has 0 aromatic carbocycles. The van der Waals surface area contributed by atoms with Crippen LogP contribution >= 0.6 is 11.8 Å². The van der Waals surface area contributed by atoms with Crippen molar-refractivity contribution in [1.29, 1.82) is 5.41 Å². The molecular formula is C7H11N3O3S. The maximum absolute atomic E-state index is 10.6. The molecule has 0 saturated carbocycles. The van der Waals surface area contributed by atoms with Crippen LogP contribution in [-0.4, -0.2) is 45.8 Å². The Hall–Kier alpha value is -1.08. The number of hydrogen-bond donors (Lipinski definition) is 2. The van der Waals surface area contributed by atoms with E-state index in [2.05, 4.69) is 5.16 Å². The first-order valence-electron chi connectivity index (χ1n) is 4.05. The number of carbonyl (C=O) groups excluding carboxylic acids is 1. The first-order chi connectivity index (χ1) is 6.70. The summed E-state index contributed by atoms with van der Waals surface area (Å²) in [6, 6.07) is -0.573. The Kier molecular flexibility index (Phi) is 3.90. The van der Waals surface area contributed by atoms with Crippen LogP contribution in [0.2, 0.25) is 0 Å². The second kappa shape index (κ2) is 4.97. The van der Waals surface area contributed by atoms with Crippen LogP contribution in [0.5, 0.6) is 0 Å². The van der Waals surface area contributed by atoms with Gasteiger partial charge >= 0.3 is 0 Å². The van der Waals surface area contributed by atoms with Gasteiger partial charge in [0.2, 0.25) is 0 Å². The molecule has 1 unspecified atom stereocenters. The Labute approximate surface area is 85.4 Å². The van der Waals surface area contributed by atoms with Crippen LogP contribution in [0.15, 0.2) is 5.16 Å². The van der Waals surface area contributed by atoms with Gasteiger partial charge in [0.05, 0.1) is 0 Å². The van der Waals surface area contributed by atoms with Gasteiger partial charge in [-0.05, 0) is 6.92 Å². The van der Waals surface area contributed by atoms with Crippen molar-refractivity contribution in [3.8, 4) is 0 Å². The van der Waals surface area contributed by atoms with E-state index in [9.17, 15) is 10.0 Å². The number of aldehydes is 1. The summed E-state index contributed by atoms with van der Waals surface area (Å²) < 4.78 is 0. The number of nitrogens with zero attached hydrogens (tertiary/aromatic N) is 2. The zero-order valence-electron chi connectivity index (χ0n) is 7.64. The lowest BCUT2D eigenvalue weighted by Gasteiger charge is -2.15. The average Bonchev–Trinajstić information content (AvgIpc) is 2.51. The molecule has 0 aromatic heterocycles. The standard InChI is InChI=1S/C7H11N3O3S/c1-2-13-9-5(3-11)6-4-14-7(8)10(6)12/h3,6,8,12H,2,4H2,1H3/b8-7?,9-5+. The fourth-order valence-electron chi connectivity index (χ4n) is 0.947. The van der Waals surface area contributed by atoms with Crippen LogP contribution in [-0.2, 0) is 9.63 Å². The van der Waals surface area contributed by atoms with Crippen molar-refractivity contribution in [3.63, 3.8) is 0 Å². The Morgan fingerprint density at radius 1 is 2.00 bits per heavy atom. The van der Waals surface area contributed by atoms with Gasteiger partial charge in [-0.3, -0.25) is 15.4 Å². The molecule has 1 heterocycles. The van der Waals surface area contributed by atoms with Crippen LogP contribution in [0.4, 0.5) is 0 Å². The second-order valence-electron chi connectivity index (χ2n) is 2.53. The van der Waals surface area contributed by atoms with Gasteiger partial charge in [0.25, 0.3) is 0 Å². The topological polar surface area (TPSA) is 86.0 Å². The molecule has 0 bridgehead atoms.